The largest absolute Gasteiger partial charge is 0.303 e. The van der Waals surface area contributed by atoms with Crippen molar-refractivity contribution in [2.24, 2.45) is 5.41 Å². The molecular formula is C14H24N2. The lowest BCUT2D eigenvalue weighted by molar-refractivity contribution is 0.217. The van der Waals surface area contributed by atoms with Crippen LogP contribution in [0.1, 0.15) is 53.3 Å². The summed E-state index contributed by atoms with van der Waals surface area (Å²) in [5, 5.41) is 3.65. The number of nitrogens with zero attached hydrogens (tertiary/aromatic N) is 1. The first-order valence-corrected chi connectivity index (χ1v) is 5.89. The second-order valence-electron chi connectivity index (χ2n) is 6.45. The minimum absolute atomic E-state index is 0.0927. The molecule has 1 unspecified atom stereocenters. The molecule has 1 aromatic heterocycles. The summed E-state index contributed by atoms with van der Waals surface area (Å²) in [6.07, 6.45) is 1.86. The maximum Gasteiger partial charge on any atom is 0.0578 e. The SMILES string of the molecule is CC(C)(C)NC(c1ccccn1)C(C)(C)C. The molecule has 2 nitrogen and oxygen atoms in total. The molecule has 1 aromatic rings. The molecule has 90 valence electrons. The van der Waals surface area contributed by atoms with Crippen LogP contribution in [0.4, 0.5) is 0 Å². The van der Waals surface area contributed by atoms with E-state index in [0.717, 1.165) is 5.69 Å². The fourth-order valence-electron chi connectivity index (χ4n) is 1.71. The average molecular weight is 220 g/mol. The molecule has 0 spiro atoms. The normalized spacial score (nSPS) is 14.9. The van der Waals surface area contributed by atoms with Crippen molar-refractivity contribution < 1.29 is 0 Å². The Kier molecular flexibility index (Phi) is 3.74. The Hall–Kier alpha value is -0.890. The monoisotopic (exact) mass is 220 g/mol. The maximum absolute atomic E-state index is 4.47. The average Bonchev–Trinajstić information content (AvgIpc) is 2.13. The standard InChI is InChI=1S/C14H24N2/c1-13(2,3)12(16-14(4,5)6)11-9-7-8-10-15-11/h7-10,12,16H,1-6H3. The fourth-order valence-corrected chi connectivity index (χ4v) is 1.71. The van der Waals surface area contributed by atoms with Crippen LogP contribution in [0.2, 0.25) is 0 Å². The van der Waals surface area contributed by atoms with Crippen LogP contribution >= 0.6 is 0 Å². The van der Waals surface area contributed by atoms with E-state index in [4.69, 9.17) is 0 Å². The van der Waals surface area contributed by atoms with E-state index in [2.05, 4.69) is 57.9 Å². The Morgan fingerprint density at radius 2 is 1.69 bits per heavy atom. The zero-order chi connectivity index (χ0) is 12.4. The summed E-state index contributed by atoms with van der Waals surface area (Å²) in [6.45, 7) is 13.3. The van der Waals surface area contributed by atoms with E-state index < -0.39 is 0 Å². The second kappa shape index (κ2) is 4.54. The molecule has 2 heteroatoms. The van der Waals surface area contributed by atoms with Crippen molar-refractivity contribution in [3.8, 4) is 0 Å². The summed E-state index contributed by atoms with van der Waals surface area (Å²) in [5.74, 6) is 0. The van der Waals surface area contributed by atoms with Crippen molar-refractivity contribution in [1.29, 1.82) is 0 Å². The van der Waals surface area contributed by atoms with Crippen molar-refractivity contribution in [2.45, 2.75) is 53.1 Å². The highest BCUT2D eigenvalue weighted by molar-refractivity contribution is 5.12. The maximum atomic E-state index is 4.47. The Bertz CT molecular complexity index is 317. The quantitative estimate of drug-likeness (QED) is 0.824. The third-order valence-corrected chi connectivity index (χ3v) is 2.43. The molecule has 0 amide bonds. The van der Waals surface area contributed by atoms with Gasteiger partial charge < -0.3 is 5.32 Å². The molecule has 0 fully saturated rings. The highest BCUT2D eigenvalue weighted by Crippen LogP contribution is 2.33. The van der Waals surface area contributed by atoms with E-state index >= 15 is 0 Å². The van der Waals surface area contributed by atoms with Crippen LogP contribution in [-0.4, -0.2) is 10.5 Å². The van der Waals surface area contributed by atoms with Gasteiger partial charge >= 0.3 is 0 Å². The van der Waals surface area contributed by atoms with E-state index in [1.807, 2.05) is 18.3 Å². The number of aromatic nitrogens is 1. The van der Waals surface area contributed by atoms with E-state index in [9.17, 15) is 0 Å². The molecule has 0 radical (unpaired) electrons. The number of nitrogens with one attached hydrogen (secondary N) is 1. The Morgan fingerprint density at radius 1 is 1.06 bits per heavy atom. The molecule has 0 aliphatic heterocycles. The lowest BCUT2D eigenvalue weighted by Gasteiger charge is -2.36. The van der Waals surface area contributed by atoms with Gasteiger partial charge in [0.2, 0.25) is 0 Å². The predicted octanol–water partition coefficient (Wildman–Crippen LogP) is 3.56. The van der Waals surface area contributed by atoms with Crippen LogP contribution in [0, 0.1) is 5.41 Å². The molecule has 0 aromatic carbocycles. The number of hydrogen-bond acceptors (Lipinski definition) is 2. The van der Waals surface area contributed by atoms with Crippen LogP contribution in [0.5, 0.6) is 0 Å². The highest BCUT2D eigenvalue weighted by atomic mass is 15.0. The fraction of sp³-hybridized carbons (Fsp3) is 0.643. The van der Waals surface area contributed by atoms with E-state index in [-0.39, 0.29) is 17.0 Å². The molecule has 1 N–H and O–H groups in total. The number of hydrogen-bond donors (Lipinski definition) is 1. The van der Waals surface area contributed by atoms with Gasteiger partial charge in [0.15, 0.2) is 0 Å². The third-order valence-electron chi connectivity index (χ3n) is 2.43. The third kappa shape index (κ3) is 3.93. The molecule has 16 heavy (non-hydrogen) atoms. The zero-order valence-electron chi connectivity index (χ0n) is 11.3. The first-order valence-electron chi connectivity index (χ1n) is 5.89. The highest BCUT2D eigenvalue weighted by Gasteiger charge is 2.30. The van der Waals surface area contributed by atoms with Crippen molar-refractivity contribution in [3.63, 3.8) is 0 Å². The Balaban J connectivity index is 2.98. The van der Waals surface area contributed by atoms with Crippen molar-refractivity contribution >= 4 is 0 Å². The molecule has 0 aliphatic rings. The Morgan fingerprint density at radius 3 is 2.06 bits per heavy atom. The van der Waals surface area contributed by atoms with Gasteiger partial charge in [0.05, 0.1) is 11.7 Å². The lowest BCUT2D eigenvalue weighted by Crippen LogP contribution is -2.44. The molecule has 1 rings (SSSR count). The van der Waals surface area contributed by atoms with Crippen LogP contribution < -0.4 is 5.32 Å². The van der Waals surface area contributed by atoms with Gasteiger partial charge in [0.1, 0.15) is 0 Å². The topological polar surface area (TPSA) is 24.9 Å². The number of rotatable bonds is 2. The van der Waals surface area contributed by atoms with Gasteiger partial charge in [-0.05, 0) is 38.3 Å². The van der Waals surface area contributed by atoms with Crippen LogP contribution in [0.3, 0.4) is 0 Å². The molecule has 0 bridgehead atoms. The molecule has 0 saturated heterocycles. The van der Waals surface area contributed by atoms with Gasteiger partial charge in [-0.3, -0.25) is 4.98 Å². The van der Waals surface area contributed by atoms with Gasteiger partial charge in [-0.2, -0.15) is 0 Å². The minimum atomic E-state index is 0.0927. The van der Waals surface area contributed by atoms with E-state index in [0.29, 0.717) is 0 Å². The molecular weight excluding hydrogens is 196 g/mol. The first kappa shape index (κ1) is 13.2. The van der Waals surface area contributed by atoms with Gasteiger partial charge in [0, 0.05) is 11.7 Å². The molecule has 1 atom stereocenters. The molecule has 1 heterocycles. The van der Waals surface area contributed by atoms with Gasteiger partial charge in [-0.1, -0.05) is 26.8 Å². The van der Waals surface area contributed by atoms with Crippen LogP contribution in [0.15, 0.2) is 24.4 Å². The van der Waals surface area contributed by atoms with Crippen molar-refractivity contribution in [1.82, 2.24) is 10.3 Å². The van der Waals surface area contributed by atoms with Gasteiger partial charge in [-0.15, -0.1) is 0 Å². The zero-order valence-corrected chi connectivity index (χ0v) is 11.3. The summed E-state index contributed by atoms with van der Waals surface area (Å²) in [5.41, 5.74) is 1.36. The number of pyridine rings is 1. The van der Waals surface area contributed by atoms with Crippen LogP contribution in [0.25, 0.3) is 0 Å². The summed E-state index contributed by atoms with van der Waals surface area (Å²) in [7, 11) is 0. The Labute approximate surface area is 99.5 Å². The van der Waals surface area contributed by atoms with Crippen molar-refractivity contribution in [3.05, 3.63) is 30.1 Å². The predicted molar refractivity (Wildman–Crippen MR) is 69.3 cm³/mol. The summed E-state index contributed by atoms with van der Waals surface area (Å²) in [4.78, 5) is 4.47. The minimum Gasteiger partial charge on any atom is -0.303 e. The summed E-state index contributed by atoms with van der Waals surface area (Å²) in [6, 6.07) is 6.37. The van der Waals surface area contributed by atoms with Crippen LogP contribution in [-0.2, 0) is 0 Å². The smallest absolute Gasteiger partial charge is 0.0578 e. The van der Waals surface area contributed by atoms with Crippen molar-refractivity contribution in [2.75, 3.05) is 0 Å². The second-order valence-corrected chi connectivity index (χ2v) is 6.45. The molecule has 0 aliphatic carbocycles. The summed E-state index contributed by atoms with van der Waals surface area (Å²) >= 11 is 0. The summed E-state index contributed by atoms with van der Waals surface area (Å²) < 4.78 is 0. The first-order chi connectivity index (χ1) is 7.20. The van der Waals surface area contributed by atoms with E-state index in [1.54, 1.807) is 0 Å². The van der Waals surface area contributed by atoms with Gasteiger partial charge in [-0.25, -0.2) is 0 Å². The lowest BCUT2D eigenvalue weighted by atomic mass is 9.83. The van der Waals surface area contributed by atoms with E-state index in [1.165, 1.54) is 0 Å². The molecule has 0 saturated carbocycles. The van der Waals surface area contributed by atoms with Gasteiger partial charge in [0.25, 0.3) is 0 Å².